The number of fused-ring (bicyclic) bond motifs is 1. The van der Waals surface area contributed by atoms with Gasteiger partial charge in [-0.3, -0.25) is 0 Å². The number of methoxy groups -OCH3 is 2. The minimum atomic E-state index is 0.0939. The van der Waals surface area contributed by atoms with Gasteiger partial charge in [0.05, 0.1) is 14.2 Å². The van der Waals surface area contributed by atoms with Crippen molar-refractivity contribution in [2.24, 2.45) is 5.41 Å². The maximum Gasteiger partial charge on any atom is 0.161 e. The van der Waals surface area contributed by atoms with Gasteiger partial charge in [-0.15, -0.1) is 0 Å². The first-order chi connectivity index (χ1) is 9.20. The molecule has 0 saturated carbocycles. The van der Waals surface area contributed by atoms with Crippen molar-refractivity contribution in [3.05, 3.63) is 23.3 Å². The van der Waals surface area contributed by atoms with Crippen LogP contribution in [0.25, 0.3) is 0 Å². The smallest absolute Gasteiger partial charge is 0.161 e. The molecule has 0 spiro atoms. The Kier molecular flexibility index (Phi) is 3.76. The molecule has 1 N–H and O–H groups in total. The molecular formula is C17H27NO2. The second-order valence-electron chi connectivity index (χ2n) is 7.36. The highest BCUT2D eigenvalue weighted by molar-refractivity contribution is 5.52. The molecule has 1 heterocycles. The van der Waals surface area contributed by atoms with Gasteiger partial charge in [0.1, 0.15) is 0 Å². The van der Waals surface area contributed by atoms with Crippen LogP contribution in [0.4, 0.5) is 0 Å². The van der Waals surface area contributed by atoms with Gasteiger partial charge in [0.2, 0.25) is 0 Å². The van der Waals surface area contributed by atoms with E-state index in [4.69, 9.17) is 9.47 Å². The van der Waals surface area contributed by atoms with Crippen molar-refractivity contribution in [1.29, 1.82) is 0 Å². The van der Waals surface area contributed by atoms with E-state index in [0.29, 0.717) is 6.04 Å². The number of hydrogen-bond donors (Lipinski definition) is 1. The number of benzene rings is 1. The molecule has 112 valence electrons. The summed E-state index contributed by atoms with van der Waals surface area (Å²) in [5.74, 6) is 1.62. The summed E-state index contributed by atoms with van der Waals surface area (Å²) < 4.78 is 10.9. The topological polar surface area (TPSA) is 30.5 Å². The van der Waals surface area contributed by atoms with Crippen LogP contribution in [0.3, 0.4) is 0 Å². The molecule has 0 saturated heterocycles. The zero-order valence-electron chi connectivity index (χ0n) is 13.8. The molecule has 1 atom stereocenters. The summed E-state index contributed by atoms with van der Waals surface area (Å²) >= 11 is 0. The third-order valence-electron chi connectivity index (χ3n) is 4.21. The van der Waals surface area contributed by atoms with E-state index in [1.807, 2.05) is 0 Å². The fourth-order valence-electron chi connectivity index (χ4n) is 3.05. The first-order valence-electron chi connectivity index (χ1n) is 7.20. The molecule has 0 bridgehead atoms. The summed E-state index contributed by atoms with van der Waals surface area (Å²) in [6.45, 7) is 12.3. The molecule has 1 unspecified atom stereocenters. The average Bonchev–Trinajstić information content (AvgIpc) is 2.35. The first-order valence-corrected chi connectivity index (χ1v) is 7.20. The summed E-state index contributed by atoms with van der Waals surface area (Å²) in [6.07, 6.45) is 0. The summed E-state index contributed by atoms with van der Waals surface area (Å²) in [4.78, 5) is 0. The maximum atomic E-state index is 5.48. The number of nitrogens with one attached hydrogen (secondary N) is 1. The van der Waals surface area contributed by atoms with Gasteiger partial charge in [-0.25, -0.2) is 0 Å². The largest absolute Gasteiger partial charge is 0.493 e. The zero-order chi connectivity index (χ0) is 15.1. The highest BCUT2D eigenvalue weighted by Crippen LogP contribution is 2.46. The second kappa shape index (κ2) is 4.96. The van der Waals surface area contributed by atoms with Gasteiger partial charge in [0.15, 0.2) is 11.5 Å². The quantitative estimate of drug-likeness (QED) is 0.894. The van der Waals surface area contributed by atoms with Crippen LogP contribution in [0, 0.1) is 5.41 Å². The van der Waals surface area contributed by atoms with Crippen LogP contribution in [0.15, 0.2) is 12.1 Å². The molecule has 1 aromatic carbocycles. The molecule has 1 aliphatic rings. The van der Waals surface area contributed by atoms with Crippen molar-refractivity contribution in [3.63, 3.8) is 0 Å². The fraction of sp³-hybridized carbons (Fsp3) is 0.647. The van der Waals surface area contributed by atoms with Crippen LogP contribution >= 0.6 is 0 Å². The van der Waals surface area contributed by atoms with Crippen molar-refractivity contribution >= 4 is 0 Å². The van der Waals surface area contributed by atoms with Gasteiger partial charge in [0, 0.05) is 18.0 Å². The van der Waals surface area contributed by atoms with E-state index in [2.05, 4.69) is 52.1 Å². The van der Waals surface area contributed by atoms with E-state index in [-0.39, 0.29) is 10.8 Å². The van der Waals surface area contributed by atoms with Crippen LogP contribution in [0.2, 0.25) is 0 Å². The van der Waals surface area contributed by atoms with Crippen LogP contribution in [0.1, 0.15) is 51.8 Å². The molecule has 1 aliphatic heterocycles. The number of ether oxygens (including phenoxy) is 2. The summed E-state index contributed by atoms with van der Waals surface area (Å²) in [6, 6.07) is 4.61. The first kappa shape index (κ1) is 15.2. The molecule has 0 radical (unpaired) electrons. The van der Waals surface area contributed by atoms with Crippen molar-refractivity contribution in [2.45, 2.75) is 46.1 Å². The fourth-order valence-corrected chi connectivity index (χ4v) is 3.05. The lowest BCUT2D eigenvalue weighted by molar-refractivity contribution is 0.233. The summed E-state index contributed by atoms with van der Waals surface area (Å²) in [5, 5.41) is 3.70. The van der Waals surface area contributed by atoms with Crippen LogP contribution in [-0.4, -0.2) is 20.8 Å². The highest BCUT2D eigenvalue weighted by Gasteiger charge is 2.38. The molecular weight excluding hydrogens is 250 g/mol. The van der Waals surface area contributed by atoms with E-state index in [9.17, 15) is 0 Å². The van der Waals surface area contributed by atoms with Gasteiger partial charge in [-0.1, -0.05) is 34.6 Å². The summed E-state index contributed by atoms with van der Waals surface area (Å²) in [5.41, 5.74) is 2.93. The lowest BCUT2D eigenvalue weighted by Gasteiger charge is -2.43. The van der Waals surface area contributed by atoms with E-state index in [1.54, 1.807) is 14.2 Å². The second-order valence-corrected chi connectivity index (χ2v) is 7.36. The van der Waals surface area contributed by atoms with E-state index in [1.165, 1.54) is 11.1 Å². The molecule has 3 heteroatoms. The third-order valence-corrected chi connectivity index (χ3v) is 4.21. The lowest BCUT2D eigenvalue weighted by atomic mass is 9.71. The molecule has 1 aromatic rings. The van der Waals surface area contributed by atoms with Crippen molar-refractivity contribution in [2.75, 3.05) is 20.8 Å². The number of hydrogen-bond acceptors (Lipinski definition) is 3. The molecule has 2 rings (SSSR count). The standard InChI is InChI=1S/C17H27NO2/c1-16(2,3)15-11-8-13(19-6)14(20-7)9-12(11)17(4,5)10-18-15/h8-9,15,18H,10H2,1-7H3. The van der Waals surface area contributed by atoms with Crippen LogP contribution in [0.5, 0.6) is 11.5 Å². The predicted octanol–water partition coefficient (Wildman–Crippen LogP) is 3.67. The highest BCUT2D eigenvalue weighted by atomic mass is 16.5. The zero-order valence-corrected chi connectivity index (χ0v) is 13.8. The van der Waals surface area contributed by atoms with Crippen LogP contribution in [-0.2, 0) is 5.41 Å². The Balaban J connectivity index is 2.64. The molecule has 0 amide bonds. The lowest BCUT2D eigenvalue weighted by Crippen LogP contribution is -2.46. The number of rotatable bonds is 2. The average molecular weight is 277 g/mol. The minimum Gasteiger partial charge on any atom is -0.493 e. The van der Waals surface area contributed by atoms with Crippen molar-refractivity contribution < 1.29 is 9.47 Å². The Morgan fingerprint density at radius 2 is 1.65 bits per heavy atom. The normalized spacial score (nSPS) is 21.2. The monoisotopic (exact) mass is 277 g/mol. The van der Waals surface area contributed by atoms with Gasteiger partial charge in [0.25, 0.3) is 0 Å². The maximum absolute atomic E-state index is 5.48. The predicted molar refractivity (Wildman–Crippen MR) is 82.8 cm³/mol. The van der Waals surface area contributed by atoms with E-state index >= 15 is 0 Å². The van der Waals surface area contributed by atoms with Gasteiger partial charge < -0.3 is 14.8 Å². The SMILES string of the molecule is COc1cc2c(cc1OC)C(C)(C)CNC2C(C)(C)C. The van der Waals surface area contributed by atoms with Crippen LogP contribution < -0.4 is 14.8 Å². The molecule has 3 nitrogen and oxygen atoms in total. The van der Waals surface area contributed by atoms with Crippen molar-refractivity contribution in [3.8, 4) is 11.5 Å². The molecule has 0 aromatic heterocycles. The summed E-state index contributed by atoms with van der Waals surface area (Å²) in [7, 11) is 3.39. The molecule has 0 aliphatic carbocycles. The van der Waals surface area contributed by atoms with Crippen molar-refractivity contribution in [1.82, 2.24) is 5.32 Å². The van der Waals surface area contributed by atoms with Gasteiger partial charge in [-0.2, -0.15) is 0 Å². The Labute approximate surface area is 122 Å². The Morgan fingerprint density at radius 1 is 1.10 bits per heavy atom. The Bertz CT molecular complexity index is 500. The van der Waals surface area contributed by atoms with E-state index < -0.39 is 0 Å². The Hall–Kier alpha value is -1.22. The third kappa shape index (κ3) is 2.51. The van der Waals surface area contributed by atoms with E-state index in [0.717, 1.165) is 18.0 Å². The Morgan fingerprint density at radius 3 is 2.15 bits per heavy atom. The molecule has 0 fully saturated rings. The van der Waals surface area contributed by atoms with Gasteiger partial charge >= 0.3 is 0 Å². The molecule has 20 heavy (non-hydrogen) atoms. The minimum absolute atomic E-state index is 0.0939. The van der Waals surface area contributed by atoms with Gasteiger partial charge in [-0.05, 0) is 28.7 Å².